The van der Waals surface area contributed by atoms with E-state index in [4.69, 9.17) is 5.73 Å². The number of rotatable bonds is 2. The van der Waals surface area contributed by atoms with Crippen LogP contribution in [0.15, 0.2) is 12.1 Å². The summed E-state index contributed by atoms with van der Waals surface area (Å²) >= 11 is 1.71. The summed E-state index contributed by atoms with van der Waals surface area (Å²) in [6.07, 6.45) is 2.72. The standard InChI is InChI=1S/C9H14N2S/c10-9-4-3-8(12-9)7-11-5-1-2-6-11/h3-4H,1-2,5-7,10H2. The van der Waals surface area contributed by atoms with Crippen LogP contribution in [0.3, 0.4) is 0 Å². The van der Waals surface area contributed by atoms with Gasteiger partial charge in [-0.15, -0.1) is 11.3 Å². The zero-order chi connectivity index (χ0) is 8.39. The minimum atomic E-state index is 0.934. The first-order valence-electron chi connectivity index (χ1n) is 4.41. The fourth-order valence-corrected chi connectivity index (χ4v) is 2.46. The third kappa shape index (κ3) is 1.79. The van der Waals surface area contributed by atoms with Gasteiger partial charge in [-0.2, -0.15) is 0 Å². The third-order valence-electron chi connectivity index (χ3n) is 2.26. The van der Waals surface area contributed by atoms with Crippen LogP contribution >= 0.6 is 11.3 Å². The summed E-state index contributed by atoms with van der Waals surface area (Å²) in [4.78, 5) is 3.89. The highest BCUT2D eigenvalue weighted by atomic mass is 32.1. The second kappa shape index (κ2) is 3.46. The van der Waals surface area contributed by atoms with Gasteiger partial charge in [0.15, 0.2) is 0 Å². The Bertz CT molecular complexity index is 251. The topological polar surface area (TPSA) is 29.3 Å². The van der Waals surface area contributed by atoms with Gasteiger partial charge < -0.3 is 5.73 Å². The van der Waals surface area contributed by atoms with Crippen molar-refractivity contribution in [3.05, 3.63) is 17.0 Å². The molecule has 3 heteroatoms. The molecular formula is C9H14N2S. The normalized spacial score (nSPS) is 18.7. The largest absolute Gasteiger partial charge is 0.391 e. The Balaban J connectivity index is 1.94. The summed E-state index contributed by atoms with van der Waals surface area (Å²) in [5.74, 6) is 0. The SMILES string of the molecule is Nc1ccc(CN2CCCC2)s1. The van der Waals surface area contributed by atoms with Gasteiger partial charge >= 0.3 is 0 Å². The molecule has 1 aromatic heterocycles. The van der Waals surface area contributed by atoms with Crippen LogP contribution in [0.25, 0.3) is 0 Å². The smallest absolute Gasteiger partial charge is 0.0859 e. The van der Waals surface area contributed by atoms with Crippen molar-refractivity contribution in [3.8, 4) is 0 Å². The maximum Gasteiger partial charge on any atom is 0.0859 e. The molecule has 1 aromatic rings. The van der Waals surface area contributed by atoms with Gasteiger partial charge in [0.2, 0.25) is 0 Å². The second-order valence-corrected chi connectivity index (χ2v) is 4.49. The number of anilines is 1. The zero-order valence-corrected chi connectivity index (χ0v) is 7.94. The molecule has 66 valence electrons. The van der Waals surface area contributed by atoms with E-state index in [0.29, 0.717) is 0 Å². The molecule has 0 aromatic carbocycles. The molecule has 2 rings (SSSR count). The molecule has 0 unspecified atom stereocenters. The van der Waals surface area contributed by atoms with Crippen molar-refractivity contribution in [3.63, 3.8) is 0 Å². The van der Waals surface area contributed by atoms with Gasteiger partial charge in [-0.1, -0.05) is 0 Å². The molecule has 12 heavy (non-hydrogen) atoms. The van der Waals surface area contributed by atoms with E-state index in [1.807, 2.05) is 6.07 Å². The molecule has 0 amide bonds. The van der Waals surface area contributed by atoms with Crippen molar-refractivity contribution in [2.75, 3.05) is 18.8 Å². The molecule has 2 heterocycles. The number of nitrogen functional groups attached to an aromatic ring is 1. The van der Waals surface area contributed by atoms with E-state index in [1.165, 1.54) is 30.8 Å². The summed E-state index contributed by atoms with van der Waals surface area (Å²) in [6, 6.07) is 4.13. The maximum absolute atomic E-state index is 5.65. The predicted molar refractivity (Wildman–Crippen MR) is 53.2 cm³/mol. The molecule has 1 fully saturated rings. The molecule has 2 N–H and O–H groups in total. The van der Waals surface area contributed by atoms with Gasteiger partial charge in [-0.25, -0.2) is 0 Å². The number of thiophene rings is 1. The Morgan fingerprint density at radius 3 is 2.67 bits per heavy atom. The van der Waals surface area contributed by atoms with Gasteiger partial charge in [0.25, 0.3) is 0 Å². The van der Waals surface area contributed by atoms with Crippen molar-refractivity contribution in [1.82, 2.24) is 4.90 Å². The summed E-state index contributed by atoms with van der Waals surface area (Å²) in [5.41, 5.74) is 5.65. The molecule has 0 radical (unpaired) electrons. The van der Waals surface area contributed by atoms with Crippen LogP contribution in [0.1, 0.15) is 17.7 Å². The lowest BCUT2D eigenvalue weighted by atomic mass is 10.4. The summed E-state index contributed by atoms with van der Waals surface area (Å²) in [5, 5.41) is 0.934. The first-order valence-corrected chi connectivity index (χ1v) is 5.23. The van der Waals surface area contributed by atoms with Crippen molar-refractivity contribution in [1.29, 1.82) is 0 Å². The van der Waals surface area contributed by atoms with E-state index in [0.717, 1.165) is 11.5 Å². The summed E-state index contributed by atoms with van der Waals surface area (Å²) in [7, 11) is 0. The van der Waals surface area contributed by atoms with Crippen molar-refractivity contribution in [2.24, 2.45) is 0 Å². The number of hydrogen-bond acceptors (Lipinski definition) is 3. The van der Waals surface area contributed by atoms with E-state index < -0.39 is 0 Å². The van der Waals surface area contributed by atoms with Gasteiger partial charge in [0, 0.05) is 11.4 Å². The zero-order valence-electron chi connectivity index (χ0n) is 7.12. The van der Waals surface area contributed by atoms with E-state index in [2.05, 4.69) is 11.0 Å². The van der Waals surface area contributed by atoms with E-state index >= 15 is 0 Å². The minimum absolute atomic E-state index is 0.934. The predicted octanol–water partition coefficient (Wildman–Crippen LogP) is 1.93. The lowest BCUT2D eigenvalue weighted by molar-refractivity contribution is 0.334. The van der Waals surface area contributed by atoms with Crippen LogP contribution in [0, 0.1) is 0 Å². The van der Waals surface area contributed by atoms with Crippen molar-refractivity contribution >= 4 is 16.3 Å². The number of likely N-dealkylation sites (tertiary alicyclic amines) is 1. The number of nitrogens with zero attached hydrogens (tertiary/aromatic N) is 1. The van der Waals surface area contributed by atoms with E-state index in [-0.39, 0.29) is 0 Å². The molecule has 0 aliphatic carbocycles. The van der Waals surface area contributed by atoms with Crippen LogP contribution in [0.5, 0.6) is 0 Å². The molecule has 0 saturated carbocycles. The van der Waals surface area contributed by atoms with Gasteiger partial charge in [0.1, 0.15) is 0 Å². The Labute approximate surface area is 77.0 Å². The third-order valence-corrected chi connectivity index (χ3v) is 3.16. The van der Waals surface area contributed by atoms with E-state index in [1.54, 1.807) is 11.3 Å². The highest BCUT2D eigenvalue weighted by molar-refractivity contribution is 7.15. The summed E-state index contributed by atoms with van der Waals surface area (Å²) < 4.78 is 0. The minimum Gasteiger partial charge on any atom is -0.391 e. The van der Waals surface area contributed by atoms with Crippen LogP contribution in [-0.2, 0) is 6.54 Å². The Hall–Kier alpha value is -0.540. The Kier molecular flexibility index (Phi) is 2.33. The molecule has 0 bridgehead atoms. The fourth-order valence-electron chi connectivity index (χ4n) is 1.64. The monoisotopic (exact) mass is 182 g/mol. The molecule has 0 atom stereocenters. The quantitative estimate of drug-likeness (QED) is 0.757. The van der Waals surface area contributed by atoms with Gasteiger partial charge in [0.05, 0.1) is 5.00 Å². The molecule has 1 saturated heterocycles. The first-order chi connectivity index (χ1) is 5.84. The fraction of sp³-hybridized carbons (Fsp3) is 0.556. The van der Waals surface area contributed by atoms with Crippen molar-refractivity contribution in [2.45, 2.75) is 19.4 Å². The number of nitrogens with two attached hydrogens (primary N) is 1. The number of hydrogen-bond donors (Lipinski definition) is 1. The molecule has 1 aliphatic heterocycles. The van der Waals surface area contributed by atoms with E-state index in [9.17, 15) is 0 Å². The Morgan fingerprint density at radius 2 is 2.08 bits per heavy atom. The summed E-state index contributed by atoms with van der Waals surface area (Å²) in [6.45, 7) is 3.62. The lowest BCUT2D eigenvalue weighted by Gasteiger charge is -2.12. The maximum atomic E-state index is 5.65. The highest BCUT2D eigenvalue weighted by Crippen LogP contribution is 2.21. The van der Waals surface area contributed by atoms with Gasteiger partial charge in [-0.3, -0.25) is 4.90 Å². The Morgan fingerprint density at radius 1 is 1.33 bits per heavy atom. The molecule has 0 spiro atoms. The van der Waals surface area contributed by atoms with Crippen molar-refractivity contribution < 1.29 is 0 Å². The lowest BCUT2D eigenvalue weighted by Crippen LogP contribution is -2.17. The first kappa shape index (κ1) is 8.08. The van der Waals surface area contributed by atoms with Crippen LogP contribution in [0.2, 0.25) is 0 Å². The van der Waals surface area contributed by atoms with Crippen LogP contribution < -0.4 is 5.73 Å². The van der Waals surface area contributed by atoms with Crippen LogP contribution in [0.4, 0.5) is 5.00 Å². The van der Waals surface area contributed by atoms with Crippen LogP contribution in [-0.4, -0.2) is 18.0 Å². The van der Waals surface area contributed by atoms with Gasteiger partial charge in [-0.05, 0) is 38.1 Å². The molecular weight excluding hydrogens is 168 g/mol. The molecule has 1 aliphatic rings. The molecule has 2 nitrogen and oxygen atoms in total. The second-order valence-electron chi connectivity index (χ2n) is 3.29. The average Bonchev–Trinajstić information content (AvgIpc) is 2.63. The average molecular weight is 182 g/mol. The highest BCUT2D eigenvalue weighted by Gasteiger charge is 2.12.